The molecule has 0 saturated heterocycles. The highest BCUT2D eigenvalue weighted by Crippen LogP contribution is 2.14. The van der Waals surface area contributed by atoms with Gasteiger partial charge >= 0.3 is 5.97 Å². The molecule has 20 heavy (non-hydrogen) atoms. The fraction of sp³-hybridized carbons (Fsp3) is 0.500. The molecule has 0 spiro atoms. The fourth-order valence-electron chi connectivity index (χ4n) is 1.77. The molecule has 8 heteroatoms. The molecule has 2 amide bonds. The average Bonchev–Trinajstić information content (AvgIpc) is 2.65. The quantitative estimate of drug-likeness (QED) is 0.626. The summed E-state index contributed by atoms with van der Waals surface area (Å²) >= 11 is 0. The van der Waals surface area contributed by atoms with E-state index in [9.17, 15) is 14.4 Å². The summed E-state index contributed by atoms with van der Waals surface area (Å²) in [4.78, 5) is 33.3. The number of aryl methyl sites for hydroxylation is 2. The van der Waals surface area contributed by atoms with Gasteiger partial charge in [-0.1, -0.05) is 5.16 Å². The molecule has 8 nitrogen and oxygen atoms in total. The zero-order valence-electron chi connectivity index (χ0n) is 11.3. The lowest BCUT2D eigenvalue weighted by molar-refractivity contribution is -0.143. The lowest BCUT2D eigenvalue weighted by atomic mass is 10.1. The number of amides is 2. The summed E-state index contributed by atoms with van der Waals surface area (Å²) in [5.41, 5.74) is 6.44. The number of primary amides is 1. The maximum Gasteiger partial charge on any atom is 0.326 e. The summed E-state index contributed by atoms with van der Waals surface area (Å²) in [6.45, 7) is 3.50. The van der Waals surface area contributed by atoms with E-state index in [0.717, 1.165) is 5.56 Å². The summed E-state index contributed by atoms with van der Waals surface area (Å²) in [7, 11) is 0. The minimum Gasteiger partial charge on any atom is -0.480 e. The van der Waals surface area contributed by atoms with Crippen LogP contribution in [0.4, 0.5) is 0 Å². The lowest BCUT2D eigenvalue weighted by Gasteiger charge is -2.12. The molecule has 0 radical (unpaired) electrons. The molecule has 1 rings (SSSR count). The van der Waals surface area contributed by atoms with E-state index in [-0.39, 0.29) is 6.42 Å². The summed E-state index contributed by atoms with van der Waals surface area (Å²) in [5, 5.41) is 14.9. The SMILES string of the molecule is Cc1noc(C)c1CCC(=O)NC(CC(N)=O)C(=O)O. The molecule has 0 aliphatic carbocycles. The molecule has 4 N–H and O–H groups in total. The minimum absolute atomic E-state index is 0.0748. The van der Waals surface area contributed by atoms with Crippen LogP contribution >= 0.6 is 0 Å². The molecule has 1 unspecified atom stereocenters. The Morgan fingerprint density at radius 3 is 2.50 bits per heavy atom. The number of carboxylic acids is 1. The molecule has 110 valence electrons. The lowest BCUT2D eigenvalue weighted by Crippen LogP contribution is -2.43. The Kier molecular flexibility index (Phi) is 5.24. The van der Waals surface area contributed by atoms with Crippen LogP contribution in [0.3, 0.4) is 0 Å². The van der Waals surface area contributed by atoms with Gasteiger partial charge in [0.15, 0.2) is 0 Å². The Hall–Kier alpha value is -2.38. The van der Waals surface area contributed by atoms with Gasteiger partial charge in [0, 0.05) is 12.0 Å². The molecule has 0 aliphatic heterocycles. The number of nitrogens with one attached hydrogen (secondary N) is 1. The molecular formula is C12H17N3O5. The highest BCUT2D eigenvalue weighted by Gasteiger charge is 2.22. The third-order valence-corrected chi connectivity index (χ3v) is 2.82. The van der Waals surface area contributed by atoms with Crippen molar-refractivity contribution < 1.29 is 24.0 Å². The summed E-state index contributed by atoms with van der Waals surface area (Å²) in [6, 6.07) is -1.30. The largest absolute Gasteiger partial charge is 0.480 e. The number of carbonyl (C=O) groups excluding carboxylic acids is 2. The standard InChI is InChI=1S/C12H17N3O5/c1-6-8(7(2)20-15-6)3-4-11(17)14-9(12(18)19)5-10(13)16/h9H,3-5H2,1-2H3,(H2,13,16)(H,14,17)(H,18,19). The fourth-order valence-corrected chi connectivity index (χ4v) is 1.77. The van der Waals surface area contributed by atoms with E-state index >= 15 is 0 Å². The summed E-state index contributed by atoms with van der Waals surface area (Å²) in [6.07, 6.45) is 0.0216. The number of hydrogen-bond acceptors (Lipinski definition) is 5. The number of hydrogen-bond donors (Lipinski definition) is 3. The molecule has 0 aromatic carbocycles. The van der Waals surface area contributed by atoms with Crippen molar-refractivity contribution in [3.63, 3.8) is 0 Å². The average molecular weight is 283 g/mol. The maximum atomic E-state index is 11.7. The van der Waals surface area contributed by atoms with Crippen molar-refractivity contribution in [2.75, 3.05) is 0 Å². The van der Waals surface area contributed by atoms with Crippen molar-refractivity contribution in [3.05, 3.63) is 17.0 Å². The van der Waals surface area contributed by atoms with E-state index in [0.29, 0.717) is 17.9 Å². The normalized spacial score (nSPS) is 11.9. The molecule has 1 heterocycles. The minimum atomic E-state index is -1.30. The van der Waals surface area contributed by atoms with Crippen LogP contribution in [-0.2, 0) is 20.8 Å². The Morgan fingerprint density at radius 2 is 2.05 bits per heavy atom. The van der Waals surface area contributed by atoms with Crippen molar-refractivity contribution in [3.8, 4) is 0 Å². The smallest absolute Gasteiger partial charge is 0.326 e. The number of carbonyl (C=O) groups is 3. The van der Waals surface area contributed by atoms with Gasteiger partial charge in [-0.15, -0.1) is 0 Å². The number of aliphatic carboxylic acids is 1. The van der Waals surface area contributed by atoms with E-state index in [2.05, 4.69) is 10.5 Å². The van der Waals surface area contributed by atoms with Crippen molar-refractivity contribution in [2.45, 2.75) is 39.2 Å². The van der Waals surface area contributed by atoms with Crippen molar-refractivity contribution >= 4 is 17.8 Å². The molecule has 0 fully saturated rings. The topological polar surface area (TPSA) is 136 Å². The van der Waals surface area contributed by atoms with Gasteiger partial charge in [0.1, 0.15) is 11.8 Å². The first-order valence-electron chi connectivity index (χ1n) is 6.03. The summed E-state index contributed by atoms with van der Waals surface area (Å²) in [5.74, 6) is -1.93. The second-order valence-corrected chi connectivity index (χ2v) is 4.43. The third kappa shape index (κ3) is 4.38. The van der Waals surface area contributed by atoms with Crippen LogP contribution in [0, 0.1) is 13.8 Å². The Morgan fingerprint density at radius 1 is 1.40 bits per heavy atom. The molecular weight excluding hydrogens is 266 g/mol. The van der Waals surface area contributed by atoms with E-state index in [1.54, 1.807) is 13.8 Å². The van der Waals surface area contributed by atoms with Gasteiger partial charge in [-0.05, 0) is 20.3 Å². The third-order valence-electron chi connectivity index (χ3n) is 2.82. The van der Waals surface area contributed by atoms with Crippen LogP contribution in [0.2, 0.25) is 0 Å². The molecule has 1 aromatic heterocycles. The van der Waals surface area contributed by atoms with Crippen LogP contribution in [0.15, 0.2) is 4.52 Å². The molecule has 0 bridgehead atoms. The van der Waals surface area contributed by atoms with E-state index in [1.165, 1.54) is 0 Å². The Balaban J connectivity index is 2.54. The second-order valence-electron chi connectivity index (χ2n) is 4.43. The Bertz CT molecular complexity index is 504. The van der Waals surface area contributed by atoms with Gasteiger partial charge in [0.2, 0.25) is 11.8 Å². The van der Waals surface area contributed by atoms with Crippen LogP contribution in [0.5, 0.6) is 0 Å². The van der Waals surface area contributed by atoms with Crippen molar-refractivity contribution in [2.24, 2.45) is 5.73 Å². The van der Waals surface area contributed by atoms with Gasteiger partial charge < -0.3 is 20.7 Å². The van der Waals surface area contributed by atoms with Crippen LogP contribution in [-0.4, -0.2) is 34.1 Å². The van der Waals surface area contributed by atoms with Crippen molar-refractivity contribution in [1.82, 2.24) is 10.5 Å². The predicted molar refractivity (Wildman–Crippen MR) is 67.7 cm³/mol. The van der Waals surface area contributed by atoms with Gasteiger partial charge in [-0.2, -0.15) is 0 Å². The van der Waals surface area contributed by atoms with Gasteiger partial charge in [0.05, 0.1) is 12.1 Å². The van der Waals surface area contributed by atoms with Crippen molar-refractivity contribution in [1.29, 1.82) is 0 Å². The molecule has 1 aromatic rings. The monoisotopic (exact) mass is 283 g/mol. The van der Waals surface area contributed by atoms with E-state index < -0.39 is 30.2 Å². The number of nitrogens with zero attached hydrogens (tertiary/aromatic N) is 1. The van der Waals surface area contributed by atoms with Crippen LogP contribution in [0.25, 0.3) is 0 Å². The van der Waals surface area contributed by atoms with Gasteiger partial charge in [0.25, 0.3) is 0 Å². The highest BCUT2D eigenvalue weighted by atomic mass is 16.5. The van der Waals surface area contributed by atoms with Gasteiger partial charge in [-0.25, -0.2) is 4.79 Å². The van der Waals surface area contributed by atoms with Crippen LogP contribution < -0.4 is 11.1 Å². The predicted octanol–water partition coefficient (Wildman–Crippen LogP) is -0.331. The zero-order valence-corrected chi connectivity index (χ0v) is 11.3. The maximum absolute atomic E-state index is 11.7. The van der Waals surface area contributed by atoms with Gasteiger partial charge in [-0.3, -0.25) is 9.59 Å². The Labute approximate surface area is 115 Å². The van der Waals surface area contributed by atoms with E-state index in [1.807, 2.05) is 0 Å². The molecule has 0 saturated carbocycles. The summed E-state index contributed by atoms with van der Waals surface area (Å²) < 4.78 is 4.96. The first-order chi connectivity index (χ1) is 9.31. The number of carboxylic acid groups (broad SMARTS) is 1. The van der Waals surface area contributed by atoms with E-state index in [4.69, 9.17) is 15.4 Å². The molecule has 1 atom stereocenters. The molecule has 0 aliphatic rings. The number of nitrogens with two attached hydrogens (primary N) is 1. The number of rotatable bonds is 7. The first-order valence-corrected chi connectivity index (χ1v) is 6.03. The first kappa shape index (κ1) is 15.7. The zero-order chi connectivity index (χ0) is 15.3. The second kappa shape index (κ2) is 6.69. The number of aromatic nitrogens is 1. The van der Waals surface area contributed by atoms with Crippen LogP contribution in [0.1, 0.15) is 29.9 Å². The highest BCUT2D eigenvalue weighted by molar-refractivity contribution is 5.88.